The van der Waals surface area contributed by atoms with Gasteiger partial charge in [-0.25, -0.2) is 0 Å². The van der Waals surface area contributed by atoms with Crippen LogP contribution in [0.3, 0.4) is 0 Å². The zero-order chi connectivity index (χ0) is 33.3. The van der Waals surface area contributed by atoms with Crippen molar-refractivity contribution in [3.05, 3.63) is 168 Å². The molecule has 50 heavy (non-hydrogen) atoms. The molecule has 0 nitrogen and oxygen atoms in total. The number of rotatable bonds is 2. The van der Waals surface area contributed by atoms with E-state index in [0.717, 1.165) is 0 Å². The van der Waals surface area contributed by atoms with Gasteiger partial charge in [0.2, 0.25) is 0 Å². The molecule has 11 rings (SSSR count). The monoisotopic (exact) mass is 634 g/mol. The van der Waals surface area contributed by atoms with Gasteiger partial charge in [0, 0.05) is 5.41 Å². The number of hydrogen-bond acceptors (Lipinski definition) is 0. The highest BCUT2D eigenvalue weighted by Gasteiger charge is 2.36. The summed E-state index contributed by atoms with van der Waals surface area (Å²) < 4.78 is 0. The van der Waals surface area contributed by atoms with Crippen molar-refractivity contribution in [3.8, 4) is 33.4 Å². The summed E-state index contributed by atoms with van der Waals surface area (Å²) in [4.78, 5) is 0. The van der Waals surface area contributed by atoms with Gasteiger partial charge in [0.05, 0.1) is 0 Å². The van der Waals surface area contributed by atoms with Crippen LogP contribution in [0.25, 0.3) is 98.0 Å². The lowest BCUT2D eigenvalue weighted by molar-refractivity contribution is 0.661. The fraction of sp³-hybridized carbons (Fsp3) is 0.0800. The Morgan fingerprint density at radius 1 is 0.340 bits per heavy atom. The molecule has 234 valence electrons. The molecule has 1 aliphatic rings. The van der Waals surface area contributed by atoms with Crippen molar-refractivity contribution in [2.45, 2.75) is 26.2 Å². The first kappa shape index (κ1) is 27.9. The molecule has 0 heteroatoms. The maximum absolute atomic E-state index is 2.47. The van der Waals surface area contributed by atoms with Gasteiger partial charge in [-0.05, 0) is 134 Å². The molecule has 0 bridgehead atoms. The van der Waals surface area contributed by atoms with Gasteiger partial charge in [0.25, 0.3) is 0 Å². The molecular formula is C50H34. The molecule has 10 aromatic rings. The highest BCUT2D eigenvalue weighted by atomic mass is 14.4. The number of fused-ring (bicyclic) bond motifs is 9. The fourth-order valence-electron chi connectivity index (χ4n) is 9.33. The minimum Gasteiger partial charge on any atom is -0.0616 e. The van der Waals surface area contributed by atoms with Crippen LogP contribution in [0.4, 0.5) is 0 Å². The van der Waals surface area contributed by atoms with Gasteiger partial charge in [-0.15, -0.1) is 0 Å². The molecule has 0 spiro atoms. The number of benzene rings is 10. The summed E-state index contributed by atoms with van der Waals surface area (Å²) in [5, 5.41) is 15.9. The summed E-state index contributed by atoms with van der Waals surface area (Å²) in [6.07, 6.45) is 0. The van der Waals surface area contributed by atoms with E-state index < -0.39 is 0 Å². The van der Waals surface area contributed by atoms with Gasteiger partial charge in [0.1, 0.15) is 0 Å². The van der Waals surface area contributed by atoms with Crippen LogP contribution < -0.4 is 0 Å². The van der Waals surface area contributed by atoms with Crippen LogP contribution >= 0.6 is 0 Å². The maximum Gasteiger partial charge on any atom is 0.0159 e. The van der Waals surface area contributed by atoms with Crippen molar-refractivity contribution in [3.63, 3.8) is 0 Å². The first-order valence-corrected chi connectivity index (χ1v) is 17.8. The van der Waals surface area contributed by atoms with Crippen LogP contribution in [-0.2, 0) is 5.41 Å². The molecule has 0 saturated heterocycles. The van der Waals surface area contributed by atoms with Crippen molar-refractivity contribution in [1.29, 1.82) is 0 Å². The zero-order valence-electron chi connectivity index (χ0n) is 28.4. The van der Waals surface area contributed by atoms with Crippen LogP contribution in [0.1, 0.15) is 30.5 Å². The number of aryl methyl sites for hydroxylation is 1. The third-order valence-electron chi connectivity index (χ3n) is 11.8. The smallest absolute Gasteiger partial charge is 0.0159 e. The highest BCUT2D eigenvalue weighted by molar-refractivity contribution is 6.35. The molecule has 0 saturated carbocycles. The quantitative estimate of drug-likeness (QED) is 0.131. The summed E-state index contributed by atoms with van der Waals surface area (Å²) in [7, 11) is 0. The summed E-state index contributed by atoms with van der Waals surface area (Å²) in [5.74, 6) is 0. The minimum absolute atomic E-state index is 0.123. The molecule has 0 N–H and O–H groups in total. The van der Waals surface area contributed by atoms with E-state index in [2.05, 4.69) is 172 Å². The molecule has 0 atom stereocenters. The fourth-order valence-corrected chi connectivity index (χ4v) is 9.33. The molecule has 0 aromatic heterocycles. The first-order chi connectivity index (χ1) is 24.4. The van der Waals surface area contributed by atoms with E-state index in [1.165, 1.54) is 115 Å². The Kier molecular flexibility index (Phi) is 5.47. The second-order valence-electron chi connectivity index (χ2n) is 15.0. The van der Waals surface area contributed by atoms with Gasteiger partial charge >= 0.3 is 0 Å². The molecular weight excluding hydrogens is 601 g/mol. The van der Waals surface area contributed by atoms with Gasteiger partial charge in [-0.2, -0.15) is 0 Å². The lowest BCUT2D eigenvalue weighted by Crippen LogP contribution is -2.15. The predicted molar refractivity (Wildman–Crippen MR) is 216 cm³/mol. The Morgan fingerprint density at radius 2 is 0.880 bits per heavy atom. The lowest BCUT2D eigenvalue weighted by atomic mass is 9.80. The summed E-state index contributed by atoms with van der Waals surface area (Å²) in [6.45, 7) is 6.96. The van der Waals surface area contributed by atoms with Crippen molar-refractivity contribution >= 4 is 64.6 Å². The minimum atomic E-state index is -0.123. The van der Waals surface area contributed by atoms with Crippen molar-refractivity contribution in [2.24, 2.45) is 0 Å². The second kappa shape index (κ2) is 9.80. The highest BCUT2D eigenvalue weighted by Crippen LogP contribution is 2.52. The average molecular weight is 635 g/mol. The topological polar surface area (TPSA) is 0 Å². The average Bonchev–Trinajstić information content (AvgIpc) is 3.38. The molecule has 0 amide bonds. The van der Waals surface area contributed by atoms with E-state index in [1.807, 2.05) is 0 Å². The Labute approximate surface area is 291 Å². The van der Waals surface area contributed by atoms with Gasteiger partial charge in [0.15, 0.2) is 0 Å². The van der Waals surface area contributed by atoms with E-state index in [9.17, 15) is 0 Å². The van der Waals surface area contributed by atoms with E-state index >= 15 is 0 Å². The molecule has 0 radical (unpaired) electrons. The SMILES string of the molecule is Cc1ccc2c(ccc3cc(-c4ccc5c(c4)C(C)(C)c4cc(-c6ccc7c8ccccc8c8cccc9ccc6c7c98)ccc4-5)ccc32)c1. The predicted octanol–water partition coefficient (Wildman–Crippen LogP) is 14.0. The third kappa shape index (κ3) is 3.71. The van der Waals surface area contributed by atoms with Gasteiger partial charge in [-0.3, -0.25) is 0 Å². The molecule has 0 heterocycles. The normalized spacial score (nSPS) is 13.7. The molecule has 1 aliphatic carbocycles. The second-order valence-corrected chi connectivity index (χ2v) is 15.0. The standard InChI is InChI=1S/C50H34/c1-29-11-18-36-33(25-29)12-13-34-26-31(15-19-37(34)36)32-16-20-41-42-21-17-35(28-47(42)50(2,3)46(41)27-32)38-23-24-45-40-9-5-4-8-39(40)43-10-6-7-30-14-22-44(38)49(45)48(30)43/h4-28H,1-3H3. The first-order valence-electron chi connectivity index (χ1n) is 17.8. The summed E-state index contributed by atoms with van der Waals surface area (Å²) >= 11 is 0. The van der Waals surface area contributed by atoms with Gasteiger partial charge in [-0.1, -0.05) is 153 Å². The molecule has 0 aliphatic heterocycles. The third-order valence-corrected chi connectivity index (χ3v) is 11.8. The summed E-state index contributed by atoms with van der Waals surface area (Å²) in [5.41, 5.74) is 11.8. The van der Waals surface area contributed by atoms with Crippen LogP contribution in [0, 0.1) is 6.92 Å². The van der Waals surface area contributed by atoms with Crippen LogP contribution in [0.5, 0.6) is 0 Å². The Morgan fingerprint density at radius 3 is 1.66 bits per heavy atom. The zero-order valence-corrected chi connectivity index (χ0v) is 28.4. The summed E-state index contributed by atoms with van der Waals surface area (Å²) in [6, 6.07) is 57.6. The Hall–Kier alpha value is -5.98. The molecule has 0 unspecified atom stereocenters. The van der Waals surface area contributed by atoms with Crippen molar-refractivity contribution in [1.82, 2.24) is 0 Å². The van der Waals surface area contributed by atoms with E-state index in [4.69, 9.17) is 0 Å². The molecule has 10 aromatic carbocycles. The maximum atomic E-state index is 2.47. The van der Waals surface area contributed by atoms with E-state index in [1.54, 1.807) is 0 Å². The Bertz CT molecular complexity index is 3060. The van der Waals surface area contributed by atoms with Crippen molar-refractivity contribution in [2.75, 3.05) is 0 Å². The van der Waals surface area contributed by atoms with E-state index in [-0.39, 0.29) is 5.41 Å². The van der Waals surface area contributed by atoms with Gasteiger partial charge < -0.3 is 0 Å². The molecule has 0 fully saturated rings. The van der Waals surface area contributed by atoms with Crippen LogP contribution in [-0.4, -0.2) is 0 Å². The van der Waals surface area contributed by atoms with Crippen LogP contribution in [0.2, 0.25) is 0 Å². The lowest BCUT2D eigenvalue weighted by Gasteiger charge is -2.23. The van der Waals surface area contributed by atoms with Crippen molar-refractivity contribution < 1.29 is 0 Å². The largest absolute Gasteiger partial charge is 0.0616 e. The number of hydrogen-bond donors (Lipinski definition) is 0. The van der Waals surface area contributed by atoms with Crippen LogP contribution in [0.15, 0.2) is 152 Å². The Balaban J connectivity index is 1.04. The van der Waals surface area contributed by atoms with E-state index in [0.29, 0.717) is 0 Å².